The molecule has 0 amide bonds. The number of esters is 2. The molecular weight excluding hydrogens is 352 g/mol. The lowest BCUT2D eigenvalue weighted by molar-refractivity contribution is 0.00929. The van der Waals surface area contributed by atoms with Gasteiger partial charge in [0.05, 0.1) is 17.7 Å². The van der Waals surface area contributed by atoms with E-state index in [-0.39, 0.29) is 18.0 Å². The van der Waals surface area contributed by atoms with Gasteiger partial charge in [-0.1, -0.05) is 40.7 Å². The van der Waals surface area contributed by atoms with Crippen LogP contribution in [0.25, 0.3) is 0 Å². The second-order valence-electron chi connectivity index (χ2n) is 9.50. The van der Waals surface area contributed by atoms with Crippen molar-refractivity contribution in [3.8, 4) is 0 Å². The van der Waals surface area contributed by atoms with E-state index in [0.717, 1.165) is 38.5 Å². The van der Waals surface area contributed by atoms with Crippen molar-refractivity contribution in [3.05, 3.63) is 35.4 Å². The third kappa shape index (κ3) is 6.96. The molecule has 0 radical (unpaired) electrons. The van der Waals surface area contributed by atoms with Gasteiger partial charge in [-0.2, -0.15) is 0 Å². The van der Waals surface area contributed by atoms with Gasteiger partial charge in [0.25, 0.3) is 0 Å². The lowest BCUT2D eigenvalue weighted by Gasteiger charge is -2.36. The van der Waals surface area contributed by atoms with Crippen LogP contribution in [-0.4, -0.2) is 24.6 Å². The highest BCUT2D eigenvalue weighted by Gasteiger charge is 2.31. The molecule has 0 heterocycles. The maximum absolute atomic E-state index is 12.5. The summed E-state index contributed by atoms with van der Waals surface area (Å²) in [6, 6.07) is 6.65. The molecule has 1 aliphatic rings. The quantitative estimate of drug-likeness (QED) is 0.422. The molecule has 28 heavy (non-hydrogen) atoms. The van der Waals surface area contributed by atoms with Crippen LogP contribution in [0.4, 0.5) is 0 Å². The van der Waals surface area contributed by atoms with Gasteiger partial charge >= 0.3 is 11.9 Å². The highest BCUT2D eigenvalue weighted by Crippen LogP contribution is 2.38. The predicted molar refractivity (Wildman–Crippen MR) is 111 cm³/mol. The minimum atomic E-state index is -0.385. The van der Waals surface area contributed by atoms with Gasteiger partial charge in [-0.05, 0) is 74.0 Å². The molecule has 0 aliphatic heterocycles. The van der Waals surface area contributed by atoms with Crippen LogP contribution in [0.1, 0.15) is 93.9 Å². The highest BCUT2D eigenvalue weighted by molar-refractivity contribution is 5.95. The fourth-order valence-electron chi connectivity index (χ4n) is 3.78. The molecule has 0 saturated heterocycles. The van der Waals surface area contributed by atoms with Gasteiger partial charge in [-0.15, -0.1) is 0 Å². The third-order valence-electron chi connectivity index (χ3n) is 5.67. The molecule has 0 aromatic heterocycles. The van der Waals surface area contributed by atoms with Gasteiger partial charge in [-0.25, -0.2) is 9.59 Å². The average Bonchev–Trinajstić information content (AvgIpc) is 2.64. The summed E-state index contributed by atoms with van der Waals surface area (Å²) in [7, 11) is 0. The second-order valence-corrected chi connectivity index (χ2v) is 9.50. The van der Waals surface area contributed by atoms with Crippen molar-refractivity contribution in [1.82, 2.24) is 0 Å². The summed E-state index contributed by atoms with van der Waals surface area (Å²) in [5.41, 5.74) is 1.11. The van der Waals surface area contributed by atoms with E-state index in [1.807, 2.05) is 0 Å². The largest absolute Gasteiger partial charge is 0.462 e. The molecule has 0 N–H and O–H groups in total. The zero-order valence-electron chi connectivity index (χ0n) is 18.1. The average molecular weight is 389 g/mol. The Morgan fingerprint density at radius 3 is 2.21 bits per heavy atom. The molecule has 2 rings (SSSR count). The summed E-state index contributed by atoms with van der Waals surface area (Å²) in [4.78, 5) is 24.7. The molecule has 1 aromatic rings. The first-order valence-corrected chi connectivity index (χ1v) is 10.6. The molecule has 0 spiro atoms. The Kier molecular flexibility index (Phi) is 8.09. The van der Waals surface area contributed by atoms with E-state index < -0.39 is 0 Å². The van der Waals surface area contributed by atoms with Gasteiger partial charge in [0.2, 0.25) is 0 Å². The summed E-state index contributed by atoms with van der Waals surface area (Å²) in [5.74, 6) is 0.532. The van der Waals surface area contributed by atoms with Crippen molar-refractivity contribution in [2.45, 2.75) is 79.2 Å². The molecule has 1 aromatic carbocycles. The molecule has 1 saturated carbocycles. The molecule has 1 aliphatic carbocycles. The Morgan fingerprint density at radius 1 is 1.04 bits per heavy atom. The molecule has 0 unspecified atom stereocenters. The maximum Gasteiger partial charge on any atom is 0.338 e. The number of benzene rings is 1. The van der Waals surface area contributed by atoms with Crippen molar-refractivity contribution < 1.29 is 19.1 Å². The summed E-state index contributed by atoms with van der Waals surface area (Å²) in [6.07, 6.45) is 5.84. The van der Waals surface area contributed by atoms with E-state index in [1.54, 1.807) is 24.3 Å². The van der Waals surface area contributed by atoms with Crippen LogP contribution in [0.3, 0.4) is 0 Å². The zero-order valence-corrected chi connectivity index (χ0v) is 18.1. The molecule has 0 atom stereocenters. The summed E-state index contributed by atoms with van der Waals surface area (Å²) < 4.78 is 11.0. The Morgan fingerprint density at radius 2 is 1.64 bits per heavy atom. The van der Waals surface area contributed by atoms with Crippen molar-refractivity contribution in [2.75, 3.05) is 6.61 Å². The first kappa shape index (κ1) is 22.4. The number of carbonyl (C=O) groups is 2. The normalized spacial score (nSPS) is 20.1. The number of ether oxygens (including phenoxy) is 2. The van der Waals surface area contributed by atoms with Crippen LogP contribution in [0.2, 0.25) is 0 Å². The van der Waals surface area contributed by atoms with Gasteiger partial charge in [-0.3, -0.25) is 0 Å². The van der Waals surface area contributed by atoms with Gasteiger partial charge in [0.1, 0.15) is 6.10 Å². The number of carbonyl (C=O) groups excluding carboxylic acids is 2. The topological polar surface area (TPSA) is 52.6 Å². The smallest absolute Gasteiger partial charge is 0.338 e. The zero-order chi connectivity index (χ0) is 20.7. The SMILES string of the molecule is CC(C)CCCOC(=O)c1cccc(C(=O)OC2CCC(C(C)(C)C)CC2)c1. The van der Waals surface area contributed by atoms with E-state index in [2.05, 4.69) is 34.6 Å². The molecule has 0 bridgehead atoms. The molecule has 1 fully saturated rings. The fourth-order valence-corrected chi connectivity index (χ4v) is 3.78. The lowest BCUT2D eigenvalue weighted by Crippen LogP contribution is -2.30. The fraction of sp³-hybridized carbons (Fsp3) is 0.667. The van der Waals surface area contributed by atoms with E-state index in [0.29, 0.717) is 35.0 Å². The van der Waals surface area contributed by atoms with Crippen LogP contribution in [0.5, 0.6) is 0 Å². The minimum absolute atomic E-state index is 0.0299. The van der Waals surface area contributed by atoms with E-state index in [1.165, 1.54) is 0 Å². The predicted octanol–water partition coefficient (Wildman–Crippen LogP) is 6.04. The van der Waals surface area contributed by atoms with Crippen molar-refractivity contribution in [2.24, 2.45) is 17.3 Å². The molecule has 4 heteroatoms. The summed E-state index contributed by atoms with van der Waals surface area (Å²) >= 11 is 0. The van der Waals surface area contributed by atoms with Crippen LogP contribution in [0, 0.1) is 17.3 Å². The van der Waals surface area contributed by atoms with E-state index in [4.69, 9.17) is 9.47 Å². The number of hydrogen-bond acceptors (Lipinski definition) is 4. The summed E-state index contributed by atoms with van der Waals surface area (Å²) in [5, 5.41) is 0. The standard InChI is InChI=1S/C24H36O4/c1-17(2)8-7-15-27-22(25)18-9-6-10-19(16-18)23(26)28-21-13-11-20(12-14-21)24(3,4)5/h6,9-10,16-17,20-21H,7-8,11-15H2,1-5H3. The Balaban J connectivity index is 1.86. The number of hydrogen-bond donors (Lipinski definition) is 0. The second kappa shape index (κ2) is 10.1. The summed E-state index contributed by atoms with van der Waals surface area (Å²) in [6.45, 7) is 11.5. The van der Waals surface area contributed by atoms with Crippen LogP contribution in [0.15, 0.2) is 24.3 Å². The van der Waals surface area contributed by atoms with Crippen LogP contribution < -0.4 is 0 Å². The van der Waals surface area contributed by atoms with Crippen molar-refractivity contribution >= 4 is 11.9 Å². The van der Waals surface area contributed by atoms with Gasteiger partial charge in [0, 0.05) is 0 Å². The van der Waals surface area contributed by atoms with E-state index in [9.17, 15) is 9.59 Å². The van der Waals surface area contributed by atoms with E-state index >= 15 is 0 Å². The molecular formula is C24H36O4. The molecule has 4 nitrogen and oxygen atoms in total. The van der Waals surface area contributed by atoms with Gasteiger partial charge < -0.3 is 9.47 Å². The highest BCUT2D eigenvalue weighted by atomic mass is 16.5. The Bertz CT molecular complexity index is 649. The Labute approximate surface area is 170 Å². The monoisotopic (exact) mass is 388 g/mol. The van der Waals surface area contributed by atoms with Gasteiger partial charge in [0.15, 0.2) is 0 Å². The number of rotatable bonds is 7. The van der Waals surface area contributed by atoms with Crippen molar-refractivity contribution in [3.63, 3.8) is 0 Å². The first-order valence-electron chi connectivity index (χ1n) is 10.6. The first-order chi connectivity index (χ1) is 13.2. The minimum Gasteiger partial charge on any atom is -0.462 e. The van der Waals surface area contributed by atoms with Crippen LogP contribution >= 0.6 is 0 Å². The Hall–Kier alpha value is -1.84. The van der Waals surface area contributed by atoms with Crippen molar-refractivity contribution in [1.29, 1.82) is 0 Å². The van der Waals surface area contributed by atoms with Crippen LogP contribution in [-0.2, 0) is 9.47 Å². The lowest BCUT2D eigenvalue weighted by atomic mass is 9.72. The maximum atomic E-state index is 12.5. The third-order valence-corrected chi connectivity index (χ3v) is 5.67. The molecule has 156 valence electrons.